The second-order valence-electron chi connectivity index (χ2n) is 5.70. The van der Waals surface area contributed by atoms with Gasteiger partial charge in [0.2, 0.25) is 5.91 Å². The molecule has 5 nitrogen and oxygen atoms in total. The molecule has 1 aromatic carbocycles. The molecule has 3 N–H and O–H groups in total. The number of benzene rings is 1. The summed E-state index contributed by atoms with van der Waals surface area (Å²) in [6, 6.07) is 9.10. The second-order valence-corrected chi connectivity index (χ2v) is 5.70. The third-order valence-corrected chi connectivity index (χ3v) is 3.96. The van der Waals surface area contributed by atoms with E-state index in [2.05, 4.69) is 35.2 Å². The zero-order valence-corrected chi connectivity index (χ0v) is 11.9. The Balaban J connectivity index is 1.61. The van der Waals surface area contributed by atoms with Gasteiger partial charge in [0.25, 0.3) is 0 Å². The minimum atomic E-state index is 0.234. The highest BCUT2D eigenvalue weighted by molar-refractivity contribution is 5.95. The topological polar surface area (TPSA) is 56.4 Å². The molecule has 5 heteroatoms. The van der Waals surface area contributed by atoms with Gasteiger partial charge in [-0.2, -0.15) is 0 Å². The fourth-order valence-electron chi connectivity index (χ4n) is 2.89. The molecular formula is C15H22N4O. The number of hydrogen-bond donors (Lipinski definition) is 3. The molecule has 0 bridgehead atoms. The molecule has 0 radical (unpaired) electrons. The third kappa shape index (κ3) is 2.94. The first-order chi connectivity index (χ1) is 9.72. The van der Waals surface area contributed by atoms with Crippen LogP contribution in [0.15, 0.2) is 24.3 Å². The van der Waals surface area contributed by atoms with Crippen molar-refractivity contribution in [3.63, 3.8) is 0 Å². The van der Waals surface area contributed by atoms with Crippen LogP contribution < -0.4 is 21.1 Å². The summed E-state index contributed by atoms with van der Waals surface area (Å²) in [5.74, 6) is 0.234. The number of nitrogens with one attached hydrogen (secondary N) is 3. The van der Waals surface area contributed by atoms with E-state index in [-0.39, 0.29) is 5.91 Å². The summed E-state index contributed by atoms with van der Waals surface area (Å²) >= 11 is 0. The lowest BCUT2D eigenvalue weighted by Gasteiger charge is -2.18. The Kier molecular flexibility index (Phi) is 3.89. The SMILES string of the molecule is CC1CC(CNc2cccc(N3CCCC3=O)c2)NN1. The molecule has 20 heavy (non-hydrogen) atoms. The second kappa shape index (κ2) is 5.81. The van der Waals surface area contributed by atoms with Crippen LogP contribution in [-0.2, 0) is 4.79 Å². The Hall–Kier alpha value is -1.59. The van der Waals surface area contributed by atoms with Crippen LogP contribution in [0.5, 0.6) is 0 Å². The van der Waals surface area contributed by atoms with Crippen LogP contribution in [0.1, 0.15) is 26.2 Å². The van der Waals surface area contributed by atoms with E-state index in [1.807, 2.05) is 17.0 Å². The highest BCUT2D eigenvalue weighted by Gasteiger charge is 2.22. The smallest absolute Gasteiger partial charge is 0.227 e. The van der Waals surface area contributed by atoms with Crippen LogP contribution in [-0.4, -0.2) is 31.1 Å². The molecule has 2 atom stereocenters. The molecule has 1 aromatic rings. The standard InChI is InChI=1S/C15H22N4O/c1-11-8-13(18-17-11)10-16-12-4-2-5-14(9-12)19-7-3-6-15(19)20/h2,4-5,9,11,13,16-18H,3,6-8,10H2,1H3. The lowest BCUT2D eigenvalue weighted by molar-refractivity contribution is -0.117. The molecule has 2 heterocycles. The fraction of sp³-hybridized carbons (Fsp3) is 0.533. The van der Waals surface area contributed by atoms with Gasteiger partial charge in [0.1, 0.15) is 0 Å². The minimum absolute atomic E-state index is 0.234. The maximum atomic E-state index is 11.8. The van der Waals surface area contributed by atoms with E-state index >= 15 is 0 Å². The molecule has 2 fully saturated rings. The van der Waals surface area contributed by atoms with Gasteiger partial charge < -0.3 is 10.2 Å². The van der Waals surface area contributed by atoms with Crippen molar-refractivity contribution in [1.82, 2.24) is 10.9 Å². The van der Waals surface area contributed by atoms with E-state index in [1.165, 1.54) is 0 Å². The first kappa shape index (κ1) is 13.4. The van der Waals surface area contributed by atoms with Gasteiger partial charge in [-0.25, -0.2) is 0 Å². The first-order valence-corrected chi connectivity index (χ1v) is 7.38. The van der Waals surface area contributed by atoms with E-state index in [1.54, 1.807) is 0 Å². The number of hydrogen-bond acceptors (Lipinski definition) is 4. The van der Waals surface area contributed by atoms with Gasteiger partial charge in [0.05, 0.1) is 0 Å². The molecule has 108 valence electrons. The van der Waals surface area contributed by atoms with Gasteiger partial charge in [-0.05, 0) is 38.0 Å². The lowest BCUT2D eigenvalue weighted by atomic mass is 10.1. The summed E-state index contributed by atoms with van der Waals surface area (Å²) in [6.45, 7) is 3.90. The number of carbonyl (C=O) groups is 1. The molecule has 2 aliphatic heterocycles. The highest BCUT2D eigenvalue weighted by Crippen LogP contribution is 2.24. The number of rotatable bonds is 4. The van der Waals surface area contributed by atoms with Crippen molar-refractivity contribution in [1.29, 1.82) is 0 Å². The molecule has 2 unspecified atom stereocenters. The Morgan fingerprint density at radius 3 is 3.00 bits per heavy atom. The van der Waals surface area contributed by atoms with Gasteiger partial charge in [-0.15, -0.1) is 0 Å². The number of hydrazine groups is 1. The van der Waals surface area contributed by atoms with Crippen molar-refractivity contribution in [2.45, 2.75) is 38.3 Å². The maximum absolute atomic E-state index is 11.8. The average molecular weight is 274 g/mol. The third-order valence-electron chi connectivity index (χ3n) is 3.96. The summed E-state index contributed by atoms with van der Waals surface area (Å²) in [4.78, 5) is 13.7. The molecular weight excluding hydrogens is 252 g/mol. The number of nitrogens with zero attached hydrogens (tertiary/aromatic N) is 1. The van der Waals surface area contributed by atoms with Gasteiger partial charge in [0.15, 0.2) is 0 Å². The van der Waals surface area contributed by atoms with Gasteiger partial charge in [-0.3, -0.25) is 15.6 Å². The van der Waals surface area contributed by atoms with Crippen LogP contribution >= 0.6 is 0 Å². The van der Waals surface area contributed by atoms with Crippen LogP contribution in [0.25, 0.3) is 0 Å². The summed E-state index contributed by atoms with van der Waals surface area (Å²) in [7, 11) is 0. The van der Waals surface area contributed by atoms with E-state index in [0.717, 1.165) is 37.3 Å². The van der Waals surface area contributed by atoms with Gasteiger partial charge in [0, 0.05) is 43.0 Å². The Bertz CT molecular complexity index is 491. The molecule has 0 saturated carbocycles. The molecule has 0 aromatic heterocycles. The summed E-state index contributed by atoms with van der Waals surface area (Å²) in [6.07, 6.45) is 2.76. The van der Waals surface area contributed by atoms with Crippen molar-refractivity contribution >= 4 is 17.3 Å². The maximum Gasteiger partial charge on any atom is 0.227 e. The van der Waals surface area contributed by atoms with Crippen molar-refractivity contribution in [2.24, 2.45) is 0 Å². The predicted molar refractivity (Wildman–Crippen MR) is 80.7 cm³/mol. The summed E-state index contributed by atoms with van der Waals surface area (Å²) in [5, 5.41) is 3.45. The van der Waals surface area contributed by atoms with Crippen molar-refractivity contribution in [2.75, 3.05) is 23.3 Å². The Morgan fingerprint density at radius 1 is 1.40 bits per heavy atom. The van der Waals surface area contributed by atoms with Crippen molar-refractivity contribution in [3.8, 4) is 0 Å². The molecule has 2 aliphatic rings. The monoisotopic (exact) mass is 274 g/mol. The summed E-state index contributed by atoms with van der Waals surface area (Å²) < 4.78 is 0. The number of carbonyl (C=O) groups excluding carboxylic acids is 1. The zero-order valence-electron chi connectivity index (χ0n) is 11.9. The molecule has 1 amide bonds. The molecule has 3 rings (SSSR count). The van der Waals surface area contributed by atoms with E-state index in [4.69, 9.17) is 0 Å². The quantitative estimate of drug-likeness (QED) is 0.778. The molecule has 0 spiro atoms. The number of amides is 1. The number of anilines is 2. The predicted octanol–water partition coefficient (Wildman–Crippen LogP) is 1.48. The van der Waals surface area contributed by atoms with Gasteiger partial charge in [-0.1, -0.05) is 6.07 Å². The molecule has 0 aliphatic carbocycles. The van der Waals surface area contributed by atoms with E-state index < -0.39 is 0 Å². The van der Waals surface area contributed by atoms with E-state index in [0.29, 0.717) is 18.5 Å². The van der Waals surface area contributed by atoms with Crippen LogP contribution in [0.2, 0.25) is 0 Å². The first-order valence-electron chi connectivity index (χ1n) is 7.38. The van der Waals surface area contributed by atoms with E-state index in [9.17, 15) is 4.79 Å². The largest absolute Gasteiger partial charge is 0.383 e. The Labute approximate surface area is 119 Å². The minimum Gasteiger partial charge on any atom is -0.383 e. The van der Waals surface area contributed by atoms with Crippen LogP contribution in [0.3, 0.4) is 0 Å². The average Bonchev–Trinajstić information content (AvgIpc) is 3.05. The van der Waals surface area contributed by atoms with Crippen molar-refractivity contribution in [3.05, 3.63) is 24.3 Å². The summed E-state index contributed by atoms with van der Waals surface area (Å²) in [5.41, 5.74) is 8.58. The fourth-order valence-corrected chi connectivity index (χ4v) is 2.89. The van der Waals surface area contributed by atoms with Crippen LogP contribution in [0.4, 0.5) is 11.4 Å². The molecule has 2 saturated heterocycles. The van der Waals surface area contributed by atoms with Crippen molar-refractivity contribution < 1.29 is 4.79 Å². The lowest BCUT2D eigenvalue weighted by Crippen LogP contribution is -2.36. The van der Waals surface area contributed by atoms with Crippen LogP contribution in [0, 0.1) is 0 Å². The zero-order chi connectivity index (χ0) is 13.9. The Morgan fingerprint density at radius 2 is 2.30 bits per heavy atom. The normalized spacial score (nSPS) is 26.2. The van der Waals surface area contributed by atoms with Gasteiger partial charge >= 0.3 is 0 Å². The highest BCUT2D eigenvalue weighted by atomic mass is 16.2.